The van der Waals surface area contributed by atoms with Crippen molar-refractivity contribution in [3.05, 3.63) is 34.3 Å². The molecule has 0 saturated carbocycles. The topological polar surface area (TPSA) is 35.5 Å². The number of aliphatic hydroxyl groups excluding tert-OH is 1. The van der Waals surface area contributed by atoms with Crippen molar-refractivity contribution in [2.45, 2.75) is 25.5 Å². The molecule has 1 saturated heterocycles. The molecule has 1 fully saturated rings. The number of halogens is 2. The third-order valence-corrected chi connectivity index (χ3v) is 3.82. The van der Waals surface area contributed by atoms with Gasteiger partial charge < -0.3 is 15.3 Å². The van der Waals surface area contributed by atoms with Crippen LogP contribution in [-0.2, 0) is 6.54 Å². The minimum atomic E-state index is -0.265. The van der Waals surface area contributed by atoms with Gasteiger partial charge >= 0.3 is 0 Å². The van der Waals surface area contributed by atoms with Gasteiger partial charge in [0.2, 0.25) is 0 Å². The van der Waals surface area contributed by atoms with Gasteiger partial charge in [0.1, 0.15) is 0 Å². The van der Waals surface area contributed by atoms with Gasteiger partial charge in [-0.3, -0.25) is 0 Å². The largest absolute Gasteiger partial charge is 0.390 e. The summed E-state index contributed by atoms with van der Waals surface area (Å²) >= 11 is 3.42. The molecule has 1 heterocycles. The highest BCUT2D eigenvalue weighted by Gasteiger charge is 2.15. The van der Waals surface area contributed by atoms with E-state index in [0.717, 1.165) is 30.7 Å². The number of hydrogen-bond acceptors (Lipinski definition) is 3. The Bertz CT molecular complexity index is 355. The van der Waals surface area contributed by atoms with Crippen molar-refractivity contribution in [1.29, 1.82) is 0 Å². The van der Waals surface area contributed by atoms with Crippen molar-refractivity contribution >= 4 is 28.3 Å². The minimum absolute atomic E-state index is 0. The summed E-state index contributed by atoms with van der Waals surface area (Å²) in [5.41, 5.74) is 1.24. The smallest absolute Gasteiger partial charge is 0.0791 e. The normalized spacial score (nSPS) is 17.2. The van der Waals surface area contributed by atoms with Crippen molar-refractivity contribution < 1.29 is 5.11 Å². The Kier molecular flexibility index (Phi) is 7.95. The Hall–Kier alpha value is -0.130. The number of rotatable bonds is 6. The second-order valence-corrected chi connectivity index (χ2v) is 5.83. The van der Waals surface area contributed by atoms with Crippen LogP contribution in [0.2, 0.25) is 0 Å². The number of β-amino-alcohol motifs (C(OH)–C–C–N with tert-alkyl or cyclic N) is 1. The molecule has 5 heteroatoms. The van der Waals surface area contributed by atoms with Crippen LogP contribution in [0.15, 0.2) is 28.7 Å². The van der Waals surface area contributed by atoms with Gasteiger partial charge in [0.25, 0.3) is 0 Å². The third kappa shape index (κ3) is 6.23. The first kappa shape index (κ1) is 16.9. The molecule has 0 aromatic heterocycles. The summed E-state index contributed by atoms with van der Waals surface area (Å²) in [4.78, 5) is 2.34. The number of benzene rings is 1. The number of likely N-dealkylation sites (tertiary alicyclic amines) is 1. The molecule has 2 rings (SSSR count). The molecule has 108 valence electrons. The van der Waals surface area contributed by atoms with Gasteiger partial charge in [-0.2, -0.15) is 0 Å². The number of hydrogen-bond donors (Lipinski definition) is 2. The van der Waals surface area contributed by atoms with Gasteiger partial charge in [0, 0.05) is 24.1 Å². The highest BCUT2D eigenvalue weighted by atomic mass is 79.9. The summed E-state index contributed by atoms with van der Waals surface area (Å²) in [6.45, 7) is 4.55. The number of nitrogens with zero attached hydrogens (tertiary/aromatic N) is 1. The Morgan fingerprint density at radius 1 is 1.21 bits per heavy atom. The van der Waals surface area contributed by atoms with Crippen LogP contribution in [0.3, 0.4) is 0 Å². The van der Waals surface area contributed by atoms with E-state index in [-0.39, 0.29) is 18.5 Å². The molecule has 19 heavy (non-hydrogen) atoms. The molecule has 3 nitrogen and oxygen atoms in total. The molecule has 0 aliphatic carbocycles. The van der Waals surface area contributed by atoms with Crippen molar-refractivity contribution in [3.63, 3.8) is 0 Å². The van der Waals surface area contributed by atoms with Crippen LogP contribution < -0.4 is 5.32 Å². The number of nitrogens with one attached hydrogen (secondary N) is 1. The lowest BCUT2D eigenvalue weighted by atomic mass is 10.2. The van der Waals surface area contributed by atoms with E-state index in [2.05, 4.69) is 38.3 Å². The average Bonchev–Trinajstić information content (AvgIpc) is 2.84. The van der Waals surface area contributed by atoms with Crippen LogP contribution in [0.1, 0.15) is 18.4 Å². The van der Waals surface area contributed by atoms with Crippen molar-refractivity contribution in [3.8, 4) is 0 Å². The maximum Gasteiger partial charge on any atom is 0.0791 e. The standard InChI is InChI=1S/C14H21BrN2O.ClH/c15-13-5-3-12(4-6-13)9-16-10-14(18)11-17-7-1-2-8-17;/h3-6,14,16,18H,1-2,7-11H2;1H. The second kappa shape index (κ2) is 8.93. The molecule has 1 aliphatic rings. The lowest BCUT2D eigenvalue weighted by molar-refractivity contribution is 0.123. The Balaban J connectivity index is 0.00000180. The predicted octanol–water partition coefficient (Wildman–Crippen LogP) is 2.42. The molecule has 1 unspecified atom stereocenters. The van der Waals surface area contributed by atoms with Crippen LogP contribution >= 0.6 is 28.3 Å². The highest BCUT2D eigenvalue weighted by Crippen LogP contribution is 2.10. The first-order valence-corrected chi connectivity index (χ1v) is 7.39. The molecular formula is C14H22BrClN2O. The Morgan fingerprint density at radius 2 is 1.84 bits per heavy atom. The first-order chi connectivity index (χ1) is 8.74. The van der Waals surface area contributed by atoms with Gasteiger partial charge in [0.15, 0.2) is 0 Å². The van der Waals surface area contributed by atoms with Crippen LogP contribution in [0, 0.1) is 0 Å². The summed E-state index contributed by atoms with van der Waals surface area (Å²) in [5.74, 6) is 0. The summed E-state index contributed by atoms with van der Waals surface area (Å²) in [6.07, 6.45) is 2.29. The fourth-order valence-corrected chi connectivity index (χ4v) is 2.58. The van der Waals surface area contributed by atoms with E-state index in [0.29, 0.717) is 6.54 Å². The maximum absolute atomic E-state index is 9.92. The molecule has 1 atom stereocenters. The molecule has 1 aromatic carbocycles. The third-order valence-electron chi connectivity index (χ3n) is 3.29. The van der Waals surface area contributed by atoms with Crippen LogP contribution in [-0.4, -0.2) is 42.3 Å². The van der Waals surface area contributed by atoms with Gasteiger partial charge in [-0.15, -0.1) is 12.4 Å². The minimum Gasteiger partial charge on any atom is -0.390 e. The fraction of sp³-hybridized carbons (Fsp3) is 0.571. The zero-order valence-corrected chi connectivity index (χ0v) is 13.4. The number of aliphatic hydroxyl groups is 1. The lowest BCUT2D eigenvalue weighted by Gasteiger charge is -2.19. The van der Waals surface area contributed by atoms with Crippen LogP contribution in [0.5, 0.6) is 0 Å². The van der Waals surface area contributed by atoms with Crippen molar-refractivity contribution in [2.24, 2.45) is 0 Å². The van der Waals surface area contributed by atoms with Gasteiger partial charge in [-0.25, -0.2) is 0 Å². The Labute approximate surface area is 129 Å². The molecule has 0 bridgehead atoms. The van der Waals surface area contributed by atoms with E-state index in [1.807, 2.05) is 12.1 Å². The second-order valence-electron chi connectivity index (χ2n) is 4.92. The quantitative estimate of drug-likeness (QED) is 0.828. The van der Waals surface area contributed by atoms with E-state index in [9.17, 15) is 5.11 Å². The van der Waals surface area contributed by atoms with Crippen LogP contribution in [0.4, 0.5) is 0 Å². The zero-order chi connectivity index (χ0) is 12.8. The zero-order valence-electron chi connectivity index (χ0n) is 11.0. The van der Waals surface area contributed by atoms with E-state index in [1.165, 1.54) is 18.4 Å². The SMILES string of the molecule is Cl.OC(CNCc1ccc(Br)cc1)CN1CCCC1. The van der Waals surface area contributed by atoms with E-state index in [1.54, 1.807) is 0 Å². The monoisotopic (exact) mass is 348 g/mol. The molecule has 0 radical (unpaired) electrons. The molecule has 0 amide bonds. The molecule has 0 spiro atoms. The molecule has 1 aromatic rings. The maximum atomic E-state index is 9.92. The van der Waals surface area contributed by atoms with Gasteiger partial charge in [0.05, 0.1) is 6.10 Å². The highest BCUT2D eigenvalue weighted by molar-refractivity contribution is 9.10. The molecular weight excluding hydrogens is 328 g/mol. The summed E-state index contributed by atoms with van der Waals surface area (Å²) in [5, 5.41) is 13.2. The Morgan fingerprint density at radius 3 is 2.47 bits per heavy atom. The summed E-state index contributed by atoms with van der Waals surface area (Å²) < 4.78 is 1.10. The fourth-order valence-electron chi connectivity index (χ4n) is 2.31. The molecule has 1 aliphatic heterocycles. The van der Waals surface area contributed by atoms with E-state index in [4.69, 9.17) is 0 Å². The van der Waals surface area contributed by atoms with Gasteiger partial charge in [-0.1, -0.05) is 28.1 Å². The van der Waals surface area contributed by atoms with Crippen molar-refractivity contribution in [1.82, 2.24) is 10.2 Å². The lowest BCUT2D eigenvalue weighted by Crippen LogP contribution is -2.36. The van der Waals surface area contributed by atoms with Crippen LogP contribution in [0.25, 0.3) is 0 Å². The predicted molar refractivity (Wildman–Crippen MR) is 84.8 cm³/mol. The van der Waals surface area contributed by atoms with Crippen molar-refractivity contribution in [2.75, 3.05) is 26.2 Å². The van der Waals surface area contributed by atoms with E-state index < -0.39 is 0 Å². The molecule has 2 N–H and O–H groups in total. The summed E-state index contributed by atoms with van der Waals surface area (Å²) in [6, 6.07) is 8.25. The van der Waals surface area contributed by atoms with Gasteiger partial charge in [-0.05, 0) is 43.6 Å². The van der Waals surface area contributed by atoms with E-state index >= 15 is 0 Å². The summed E-state index contributed by atoms with van der Waals surface area (Å²) in [7, 11) is 0. The average molecular weight is 350 g/mol. The first-order valence-electron chi connectivity index (χ1n) is 6.59.